The molecule has 0 aliphatic carbocycles. The highest BCUT2D eigenvalue weighted by Crippen LogP contribution is 2.21. The van der Waals surface area contributed by atoms with Crippen LogP contribution in [0.2, 0.25) is 0 Å². The third-order valence-corrected chi connectivity index (χ3v) is 3.41. The number of benzene rings is 2. The molecule has 0 aliphatic rings. The number of amides is 3. The molecule has 7 nitrogen and oxygen atoms in total. The Morgan fingerprint density at radius 3 is 2.04 bits per heavy atom. The Morgan fingerprint density at radius 1 is 0.923 bits per heavy atom. The van der Waals surface area contributed by atoms with Crippen LogP contribution in [0.1, 0.15) is 24.2 Å². The van der Waals surface area contributed by atoms with Gasteiger partial charge in [-0.05, 0) is 42.3 Å². The number of primary amides is 1. The van der Waals surface area contributed by atoms with Crippen molar-refractivity contribution >= 4 is 17.9 Å². The number of para-hydroxylation sites is 1. The summed E-state index contributed by atoms with van der Waals surface area (Å²) in [4.78, 5) is 35.0. The van der Waals surface area contributed by atoms with Gasteiger partial charge in [0.1, 0.15) is 11.5 Å². The van der Waals surface area contributed by atoms with Gasteiger partial charge in [0, 0.05) is 0 Å². The van der Waals surface area contributed by atoms with Gasteiger partial charge in [-0.3, -0.25) is 10.1 Å². The highest BCUT2D eigenvalue weighted by atomic mass is 16.5. The van der Waals surface area contributed by atoms with Crippen LogP contribution < -0.4 is 15.8 Å². The van der Waals surface area contributed by atoms with E-state index in [2.05, 4.69) is 0 Å². The van der Waals surface area contributed by atoms with Crippen molar-refractivity contribution in [1.82, 2.24) is 5.32 Å². The first-order valence-corrected chi connectivity index (χ1v) is 8.01. The van der Waals surface area contributed by atoms with E-state index >= 15 is 0 Å². The maximum Gasteiger partial charge on any atom is 0.338 e. The number of nitrogens with two attached hydrogens (primary N) is 1. The third kappa shape index (κ3) is 5.34. The fourth-order valence-corrected chi connectivity index (χ4v) is 2.15. The minimum atomic E-state index is -1.13. The Kier molecular flexibility index (Phi) is 6.32. The van der Waals surface area contributed by atoms with E-state index in [-0.39, 0.29) is 11.5 Å². The van der Waals surface area contributed by atoms with Gasteiger partial charge in [0.25, 0.3) is 5.91 Å². The Hall–Kier alpha value is -3.35. The minimum absolute atomic E-state index is 0.253. The van der Waals surface area contributed by atoms with Crippen LogP contribution in [-0.2, 0) is 9.53 Å². The Morgan fingerprint density at radius 2 is 1.50 bits per heavy atom. The van der Waals surface area contributed by atoms with Crippen molar-refractivity contribution in [3.63, 3.8) is 0 Å². The van der Waals surface area contributed by atoms with Crippen molar-refractivity contribution in [2.75, 3.05) is 0 Å². The van der Waals surface area contributed by atoms with Crippen molar-refractivity contribution in [3.05, 3.63) is 60.2 Å². The second kappa shape index (κ2) is 8.66. The number of rotatable bonds is 6. The van der Waals surface area contributed by atoms with Crippen molar-refractivity contribution < 1.29 is 23.9 Å². The lowest BCUT2D eigenvalue weighted by Crippen LogP contribution is -2.45. The van der Waals surface area contributed by atoms with Crippen LogP contribution in [0.4, 0.5) is 4.79 Å². The molecule has 1 atom stereocenters. The smallest absolute Gasteiger partial charge is 0.338 e. The molecule has 2 rings (SSSR count). The number of nitrogens with one attached hydrogen (secondary N) is 1. The average Bonchev–Trinajstić information content (AvgIpc) is 2.60. The van der Waals surface area contributed by atoms with E-state index < -0.39 is 24.0 Å². The predicted molar refractivity (Wildman–Crippen MR) is 94.7 cm³/mol. The van der Waals surface area contributed by atoms with E-state index in [1.54, 1.807) is 26.0 Å². The second-order valence-corrected chi connectivity index (χ2v) is 5.86. The normalized spacial score (nSPS) is 11.5. The molecule has 0 saturated heterocycles. The SMILES string of the molecule is CC(C)[C@H](OC(=O)c1ccc(Oc2ccccc2)cc1)C(=O)NC(N)=O. The fraction of sp³-hybridized carbons (Fsp3) is 0.211. The minimum Gasteiger partial charge on any atom is -0.457 e. The topological polar surface area (TPSA) is 108 Å². The van der Waals surface area contributed by atoms with Gasteiger partial charge in [0.05, 0.1) is 5.56 Å². The highest BCUT2D eigenvalue weighted by Gasteiger charge is 2.27. The molecule has 26 heavy (non-hydrogen) atoms. The second-order valence-electron chi connectivity index (χ2n) is 5.86. The molecule has 3 N–H and O–H groups in total. The molecule has 7 heteroatoms. The number of urea groups is 1. The highest BCUT2D eigenvalue weighted by molar-refractivity contribution is 5.98. The molecule has 0 spiro atoms. The van der Waals surface area contributed by atoms with Gasteiger partial charge >= 0.3 is 12.0 Å². The number of carbonyl (C=O) groups is 3. The standard InChI is InChI=1S/C19H20N2O5/c1-12(2)16(17(22)21-19(20)24)26-18(23)13-8-10-15(11-9-13)25-14-6-4-3-5-7-14/h3-12,16H,1-2H3,(H3,20,21,22,24)/t16-/m0/s1. The lowest BCUT2D eigenvalue weighted by atomic mass is 10.1. The summed E-state index contributed by atoms with van der Waals surface area (Å²) >= 11 is 0. The summed E-state index contributed by atoms with van der Waals surface area (Å²) in [6, 6.07) is 14.5. The van der Waals surface area contributed by atoms with Crippen molar-refractivity contribution in [1.29, 1.82) is 0 Å². The molecule has 0 radical (unpaired) electrons. The maximum absolute atomic E-state index is 12.3. The zero-order valence-corrected chi connectivity index (χ0v) is 14.5. The fourth-order valence-electron chi connectivity index (χ4n) is 2.15. The largest absolute Gasteiger partial charge is 0.457 e. The van der Waals surface area contributed by atoms with E-state index in [1.165, 1.54) is 12.1 Å². The Balaban J connectivity index is 2.04. The van der Waals surface area contributed by atoms with Gasteiger partial charge < -0.3 is 15.2 Å². The number of hydrogen-bond acceptors (Lipinski definition) is 5. The summed E-state index contributed by atoms with van der Waals surface area (Å²) in [6.07, 6.45) is -1.13. The number of carbonyl (C=O) groups excluding carboxylic acids is 3. The van der Waals surface area contributed by atoms with Gasteiger partial charge in [-0.2, -0.15) is 0 Å². The number of hydrogen-bond donors (Lipinski definition) is 2. The van der Waals surface area contributed by atoms with Crippen LogP contribution in [0.25, 0.3) is 0 Å². The first-order chi connectivity index (χ1) is 12.4. The third-order valence-electron chi connectivity index (χ3n) is 3.41. The number of ether oxygens (including phenoxy) is 2. The number of imide groups is 1. The molecule has 0 aromatic heterocycles. The van der Waals surface area contributed by atoms with E-state index in [4.69, 9.17) is 15.2 Å². The Labute approximate surface area is 151 Å². The molecule has 136 valence electrons. The summed E-state index contributed by atoms with van der Waals surface area (Å²) in [7, 11) is 0. The van der Waals surface area contributed by atoms with Crippen LogP contribution in [-0.4, -0.2) is 24.0 Å². The molecular weight excluding hydrogens is 336 g/mol. The van der Waals surface area contributed by atoms with Gasteiger partial charge in [-0.1, -0.05) is 32.0 Å². The van der Waals surface area contributed by atoms with Gasteiger partial charge in [-0.15, -0.1) is 0 Å². The van der Waals surface area contributed by atoms with Crippen molar-refractivity contribution in [2.24, 2.45) is 11.7 Å². The molecule has 0 heterocycles. The Bertz CT molecular complexity index is 772. The lowest BCUT2D eigenvalue weighted by Gasteiger charge is -2.19. The summed E-state index contributed by atoms with van der Waals surface area (Å²) in [5, 5.41) is 1.92. The van der Waals surface area contributed by atoms with Crippen LogP contribution in [0.15, 0.2) is 54.6 Å². The van der Waals surface area contributed by atoms with E-state index in [0.29, 0.717) is 11.5 Å². The number of esters is 1. The zero-order chi connectivity index (χ0) is 19.1. The first kappa shape index (κ1) is 19.0. The molecule has 0 aliphatic heterocycles. The van der Waals surface area contributed by atoms with Gasteiger partial charge in [-0.25, -0.2) is 9.59 Å². The maximum atomic E-state index is 12.3. The molecule has 0 bridgehead atoms. The molecule has 0 fully saturated rings. The average molecular weight is 356 g/mol. The molecule has 0 saturated carbocycles. The summed E-state index contributed by atoms with van der Waals surface area (Å²) in [5.74, 6) is -0.552. The molecule has 2 aromatic carbocycles. The lowest BCUT2D eigenvalue weighted by molar-refractivity contribution is -0.130. The zero-order valence-electron chi connectivity index (χ0n) is 14.5. The quantitative estimate of drug-likeness (QED) is 0.774. The van der Waals surface area contributed by atoms with Crippen LogP contribution in [0, 0.1) is 5.92 Å². The van der Waals surface area contributed by atoms with Crippen LogP contribution in [0.3, 0.4) is 0 Å². The van der Waals surface area contributed by atoms with Crippen molar-refractivity contribution in [3.8, 4) is 11.5 Å². The summed E-state index contributed by atoms with van der Waals surface area (Å²) < 4.78 is 10.9. The van der Waals surface area contributed by atoms with Crippen LogP contribution >= 0.6 is 0 Å². The molecule has 0 unspecified atom stereocenters. The van der Waals surface area contributed by atoms with E-state index in [1.807, 2.05) is 35.6 Å². The first-order valence-electron chi connectivity index (χ1n) is 8.01. The predicted octanol–water partition coefficient (Wildman–Crippen LogP) is 2.86. The molecule has 3 amide bonds. The van der Waals surface area contributed by atoms with Crippen LogP contribution in [0.5, 0.6) is 11.5 Å². The van der Waals surface area contributed by atoms with Crippen molar-refractivity contribution in [2.45, 2.75) is 20.0 Å². The summed E-state index contributed by atoms with van der Waals surface area (Å²) in [6.45, 7) is 3.38. The molecule has 2 aromatic rings. The monoisotopic (exact) mass is 356 g/mol. The molecular formula is C19H20N2O5. The van der Waals surface area contributed by atoms with E-state index in [9.17, 15) is 14.4 Å². The summed E-state index contributed by atoms with van der Waals surface area (Å²) in [5.41, 5.74) is 5.18. The van der Waals surface area contributed by atoms with Gasteiger partial charge in [0.2, 0.25) is 0 Å². The van der Waals surface area contributed by atoms with Gasteiger partial charge in [0.15, 0.2) is 6.10 Å². The van der Waals surface area contributed by atoms with E-state index in [0.717, 1.165) is 0 Å².